The number of halogens is 2. The number of rotatable bonds is 5. The molecule has 0 saturated carbocycles. The number of hydrogen-bond donors (Lipinski definition) is 0. The minimum atomic E-state index is -0.545. The lowest BCUT2D eigenvalue weighted by molar-refractivity contribution is -0.144. The first kappa shape index (κ1) is 17.2. The molecule has 130 valence electrons. The molecule has 0 bridgehead atoms. The second-order valence-corrected chi connectivity index (χ2v) is 5.82. The first-order valence-corrected chi connectivity index (χ1v) is 8.05. The largest absolute Gasteiger partial charge is 0.482 e. The molecule has 0 N–H and O–H groups in total. The first-order chi connectivity index (χ1) is 12.1. The van der Waals surface area contributed by atoms with E-state index in [0.717, 1.165) is 0 Å². The lowest BCUT2D eigenvalue weighted by Crippen LogP contribution is -2.40. The molecule has 1 heterocycles. The molecule has 0 radical (unpaired) electrons. The molecular formula is C18H15ClFNO4. The number of ether oxygens (including phenoxy) is 2. The van der Waals surface area contributed by atoms with Gasteiger partial charge >= 0.3 is 5.97 Å². The van der Waals surface area contributed by atoms with Crippen molar-refractivity contribution in [2.45, 2.75) is 13.0 Å². The average Bonchev–Trinajstić information content (AvgIpc) is 2.60. The van der Waals surface area contributed by atoms with E-state index in [0.29, 0.717) is 11.4 Å². The van der Waals surface area contributed by atoms with E-state index >= 15 is 0 Å². The fourth-order valence-electron chi connectivity index (χ4n) is 2.50. The molecule has 0 atom stereocenters. The summed E-state index contributed by atoms with van der Waals surface area (Å²) in [6.45, 7) is -0.169. The zero-order chi connectivity index (χ0) is 17.8. The van der Waals surface area contributed by atoms with E-state index in [9.17, 15) is 14.0 Å². The van der Waals surface area contributed by atoms with Crippen LogP contribution < -0.4 is 9.64 Å². The third kappa shape index (κ3) is 3.91. The number of nitrogens with zero attached hydrogens (tertiary/aromatic N) is 1. The van der Waals surface area contributed by atoms with Crippen LogP contribution >= 0.6 is 11.6 Å². The third-order valence-corrected chi connectivity index (χ3v) is 4.14. The van der Waals surface area contributed by atoms with Gasteiger partial charge in [-0.1, -0.05) is 29.8 Å². The standard InChI is InChI=1S/C18H15ClFNO4/c19-13-4-3-5-14(20)12(13)10-25-18(23)8-9-21-15-6-1-2-7-16(15)24-11-17(21)22/h1-7H,8-11H2. The van der Waals surface area contributed by atoms with Crippen LogP contribution in [0.5, 0.6) is 5.75 Å². The molecule has 1 aliphatic rings. The molecule has 0 saturated heterocycles. The van der Waals surface area contributed by atoms with Crippen LogP contribution in [0.3, 0.4) is 0 Å². The molecule has 7 heteroatoms. The van der Waals surface area contributed by atoms with Crippen LogP contribution in [0.2, 0.25) is 5.02 Å². The molecule has 0 fully saturated rings. The number of fused-ring (bicyclic) bond motifs is 1. The molecule has 1 amide bonds. The van der Waals surface area contributed by atoms with E-state index in [2.05, 4.69) is 0 Å². The van der Waals surface area contributed by atoms with Crippen LogP contribution in [0, 0.1) is 5.82 Å². The Kier molecular flexibility index (Phi) is 5.19. The van der Waals surface area contributed by atoms with Crippen LogP contribution in [0.4, 0.5) is 10.1 Å². The number of esters is 1. The Morgan fingerprint density at radius 1 is 1.24 bits per heavy atom. The van der Waals surface area contributed by atoms with Crippen molar-refractivity contribution >= 4 is 29.2 Å². The van der Waals surface area contributed by atoms with E-state index in [1.165, 1.54) is 23.1 Å². The third-order valence-electron chi connectivity index (χ3n) is 3.79. The van der Waals surface area contributed by atoms with Gasteiger partial charge in [0.05, 0.1) is 17.1 Å². The number of carbonyl (C=O) groups excluding carboxylic acids is 2. The van der Waals surface area contributed by atoms with E-state index < -0.39 is 11.8 Å². The van der Waals surface area contributed by atoms with Crippen LogP contribution in [0.25, 0.3) is 0 Å². The number of benzene rings is 2. The Labute approximate surface area is 148 Å². The molecule has 5 nitrogen and oxygen atoms in total. The van der Waals surface area contributed by atoms with Crippen molar-refractivity contribution in [2.75, 3.05) is 18.1 Å². The van der Waals surface area contributed by atoms with Gasteiger partial charge in [-0.25, -0.2) is 4.39 Å². The van der Waals surface area contributed by atoms with E-state index in [4.69, 9.17) is 21.1 Å². The molecule has 0 aromatic heterocycles. The minimum Gasteiger partial charge on any atom is -0.482 e. The topological polar surface area (TPSA) is 55.8 Å². The highest BCUT2D eigenvalue weighted by Gasteiger charge is 2.25. The smallest absolute Gasteiger partial charge is 0.307 e. The van der Waals surface area contributed by atoms with Gasteiger partial charge in [0.2, 0.25) is 0 Å². The van der Waals surface area contributed by atoms with Crippen molar-refractivity contribution in [3.05, 3.63) is 58.9 Å². The average molecular weight is 364 g/mol. The quantitative estimate of drug-likeness (QED) is 0.764. The normalized spacial score (nSPS) is 13.2. The molecule has 0 unspecified atom stereocenters. The molecule has 3 rings (SSSR count). The lowest BCUT2D eigenvalue weighted by atomic mass is 10.2. The molecule has 0 aliphatic carbocycles. The Hall–Kier alpha value is -2.60. The highest BCUT2D eigenvalue weighted by molar-refractivity contribution is 6.31. The molecule has 0 spiro atoms. The van der Waals surface area contributed by atoms with Gasteiger partial charge in [0.15, 0.2) is 6.61 Å². The lowest BCUT2D eigenvalue weighted by Gasteiger charge is -2.28. The van der Waals surface area contributed by atoms with Gasteiger partial charge in [-0.3, -0.25) is 9.59 Å². The van der Waals surface area contributed by atoms with Gasteiger partial charge in [-0.2, -0.15) is 0 Å². The first-order valence-electron chi connectivity index (χ1n) is 7.67. The van der Waals surface area contributed by atoms with Crippen LogP contribution in [-0.4, -0.2) is 25.0 Å². The second-order valence-electron chi connectivity index (χ2n) is 5.41. The Bertz CT molecular complexity index is 791. The van der Waals surface area contributed by atoms with Crippen LogP contribution in [0.1, 0.15) is 12.0 Å². The summed E-state index contributed by atoms with van der Waals surface area (Å²) in [6, 6.07) is 11.3. The summed E-state index contributed by atoms with van der Waals surface area (Å²) in [7, 11) is 0. The van der Waals surface area contributed by atoms with Crippen molar-refractivity contribution in [1.29, 1.82) is 0 Å². The molecule has 1 aliphatic heterocycles. The molecule has 2 aromatic carbocycles. The van der Waals surface area contributed by atoms with Gasteiger partial charge in [0.25, 0.3) is 5.91 Å². The van der Waals surface area contributed by atoms with E-state index in [1.54, 1.807) is 24.3 Å². The van der Waals surface area contributed by atoms with Gasteiger partial charge in [0.1, 0.15) is 18.2 Å². The monoisotopic (exact) mass is 363 g/mol. The maximum Gasteiger partial charge on any atom is 0.307 e. The van der Waals surface area contributed by atoms with Gasteiger partial charge < -0.3 is 14.4 Å². The van der Waals surface area contributed by atoms with Gasteiger partial charge in [-0.15, -0.1) is 0 Å². The van der Waals surface area contributed by atoms with Gasteiger partial charge in [0, 0.05) is 12.1 Å². The number of para-hydroxylation sites is 2. The summed E-state index contributed by atoms with van der Waals surface area (Å²) in [5, 5.41) is 0.199. The van der Waals surface area contributed by atoms with Crippen molar-refractivity contribution in [3.63, 3.8) is 0 Å². The second kappa shape index (κ2) is 7.53. The SMILES string of the molecule is O=C(CCN1C(=O)COc2ccccc21)OCc1c(F)cccc1Cl. The zero-order valence-electron chi connectivity index (χ0n) is 13.2. The number of amides is 1. The van der Waals surface area contributed by atoms with Crippen LogP contribution in [-0.2, 0) is 20.9 Å². The minimum absolute atomic E-state index is 0.0217. The number of hydrogen-bond acceptors (Lipinski definition) is 4. The number of anilines is 1. The Morgan fingerprint density at radius 2 is 2.04 bits per heavy atom. The predicted octanol–water partition coefficient (Wildman–Crippen LogP) is 3.34. The van der Waals surface area contributed by atoms with E-state index in [-0.39, 0.29) is 42.7 Å². The maximum atomic E-state index is 13.7. The zero-order valence-corrected chi connectivity index (χ0v) is 14.0. The van der Waals surface area contributed by atoms with Gasteiger partial charge in [-0.05, 0) is 24.3 Å². The summed E-state index contributed by atoms with van der Waals surface area (Å²) >= 11 is 5.89. The molecule has 2 aromatic rings. The summed E-state index contributed by atoms with van der Waals surface area (Å²) in [5.41, 5.74) is 0.744. The van der Waals surface area contributed by atoms with Crippen molar-refractivity contribution in [1.82, 2.24) is 0 Å². The van der Waals surface area contributed by atoms with Crippen molar-refractivity contribution < 1.29 is 23.5 Å². The Morgan fingerprint density at radius 3 is 2.84 bits per heavy atom. The maximum absolute atomic E-state index is 13.7. The van der Waals surface area contributed by atoms with E-state index in [1.807, 2.05) is 0 Å². The van der Waals surface area contributed by atoms with Crippen molar-refractivity contribution in [3.8, 4) is 5.75 Å². The summed E-state index contributed by atoms with van der Waals surface area (Å²) in [4.78, 5) is 25.4. The molecular weight excluding hydrogens is 349 g/mol. The fourth-order valence-corrected chi connectivity index (χ4v) is 2.71. The summed E-state index contributed by atoms with van der Waals surface area (Å²) in [6.07, 6.45) is -0.0217. The fraction of sp³-hybridized carbons (Fsp3) is 0.222. The van der Waals surface area contributed by atoms with Crippen LogP contribution in [0.15, 0.2) is 42.5 Å². The van der Waals surface area contributed by atoms with Crippen molar-refractivity contribution in [2.24, 2.45) is 0 Å². The summed E-state index contributed by atoms with van der Waals surface area (Å²) < 4.78 is 24.1. The predicted molar refractivity (Wildman–Crippen MR) is 90.1 cm³/mol. The molecule has 25 heavy (non-hydrogen) atoms. The highest BCUT2D eigenvalue weighted by Crippen LogP contribution is 2.31. The summed E-state index contributed by atoms with van der Waals surface area (Å²) in [5.74, 6) is -0.717. The Balaban J connectivity index is 1.59. The number of carbonyl (C=O) groups is 2. The highest BCUT2D eigenvalue weighted by atomic mass is 35.5.